The Hall–Kier alpha value is -3.95. The minimum Gasteiger partial charge on any atom is -0.464 e. The van der Waals surface area contributed by atoms with Crippen LogP contribution in [0.25, 0.3) is 0 Å². The monoisotopic (exact) mass is 548 g/mol. The van der Waals surface area contributed by atoms with Gasteiger partial charge in [0.1, 0.15) is 5.75 Å². The quantitative estimate of drug-likeness (QED) is 0.406. The highest BCUT2D eigenvalue weighted by Gasteiger charge is 2.37. The molecule has 1 N–H and O–H groups in total. The van der Waals surface area contributed by atoms with Gasteiger partial charge in [0.25, 0.3) is 0 Å². The van der Waals surface area contributed by atoms with E-state index < -0.39 is 5.97 Å². The molecule has 0 aliphatic carbocycles. The normalized spacial score (nSPS) is 17.9. The molecule has 1 amide bonds. The number of carbonyl (C=O) groups is 2. The van der Waals surface area contributed by atoms with Crippen LogP contribution in [0.1, 0.15) is 28.9 Å². The number of methoxy groups -OCH3 is 1. The van der Waals surface area contributed by atoms with Crippen LogP contribution in [-0.4, -0.2) is 54.6 Å². The number of hydrogen-bond acceptors (Lipinski definition) is 8. The molecule has 0 bridgehead atoms. The first-order valence-corrected chi connectivity index (χ1v) is 13.2. The second-order valence-corrected chi connectivity index (χ2v) is 9.81. The summed E-state index contributed by atoms with van der Waals surface area (Å²) in [5.41, 5.74) is 1.87. The van der Waals surface area contributed by atoms with E-state index in [-0.39, 0.29) is 29.3 Å². The van der Waals surface area contributed by atoms with E-state index >= 15 is 0 Å². The summed E-state index contributed by atoms with van der Waals surface area (Å²) in [6.45, 7) is 2.17. The van der Waals surface area contributed by atoms with Crippen LogP contribution in [0, 0.1) is 11.8 Å². The van der Waals surface area contributed by atoms with Crippen LogP contribution in [0.15, 0.2) is 71.7 Å². The van der Waals surface area contributed by atoms with Crippen molar-refractivity contribution in [3.63, 3.8) is 0 Å². The number of hydrogen-bond donors (Lipinski definition) is 1. The van der Waals surface area contributed by atoms with Crippen molar-refractivity contribution in [1.82, 2.24) is 9.88 Å². The van der Waals surface area contributed by atoms with Gasteiger partial charge in [-0.15, -0.1) is 0 Å². The molecule has 5 rings (SSSR count). The Balaban J connectivity index is 1.32. The highest BCUT2D eigenvalue weighted by atomic mass is 35.5. The molecule has 0 spiro atoms. The fourth-order valence-corrected chi connectivity index (χ4v) is 4.83. The Bertz CT molecular complexity index is 1340. The Kier molecular flexibility index (Phi) is 8.39. The van der Waals surface area contributed by atoms with Gasteiger partial charge in [0.2, 0.25) is 17.7 Å². The first kappa shape index (κ1) is 26.6. The van der Waals surface area contributed by atoms with Crippen molar-refractivity contribution >= 4 is 35.1 Å². The SMILES string of the molecule is COC(=O)c1cccc(Oc2ccc(NC3=NCC(C4CCOCC4)C(=O)N3Cc3ccc(Cl)cc3)cc2)n1. The summed E-state index contributed by atoms with van der Waals surface area (Å²) in [5, 5.41) is 3.96. The Morgan fingerprint density at radius 3 is 2.54 bits per heavy atom. The fourth-order valence-electron chi connectivity index (χ4n) is 4.70. The van der Waals surface area contributed by atoms with Crippen molar-refractivity contribution in [2.75, 3.05) is 32.2 Å². The van der Waals surface area contributed by atoms with Crippen LogP contribution in [-0.2, 0) is 20.8 Å². The van der Waals surface area contributed by atoms with Crippen LogP contribution >= 0.6 is 11.6 Å². The van der Waals surface area contributed by atoms with Gasteiger partial charge in [0.15, 0.2) is 5.69 Å². The predicted octanol–water partition coefficient (Wildman–Crippen LogP) is 5.17. The summed E-state index contributed by atoms with van der Waals surface area (Å²) < 4.78 is 16.0. The summed E-state index contributed by atoms with van der Waals surface area (Å²) >= 11 is 6.07. The molecule has 202 valence electrons. The molecule has 0 saturated carbocycles. The standard InChI is InChI=1S/C29H29ClN4O5/c1-37-28(36)25-3-2-4-26(33-25)39-23-11-9-22(10-12-23)32-29-31-17-24(20-13-15-38-16-14-20)27(35)34(29)18-19-5-7-21(30)8-6-19/h2-12,20,24H,13-18H2,1H3,(H,31,32). The molecule has 1 unspecified atom stereocenters. The molecule has 1 aromatic heterocycles. The van der Waals surface area contributed by atoms with Gasteiger partial charge in [-0.3, -0.25) is 14.7 Å². The smallest absolute Gasteiger partial charge is 0.356 e. The number of rotatable bonds is 7. The number of pyridine rings is 1. The van der Waals surface area contributed by atoms with Gasteiger partial charge in [0.05, 0.1) is 26.1 Å². The van der Waals surface area contributed by atoms with Crippen LogP contribution in [0.5, 0.6) is 11.6 Å². The average Bonchev–Trinajstić information content (AvgIpc) is 2.97. The molecule has 1 fully saturated rings. The average molecular weight is 549 g/mol. The highest BCUT2D eigenvalue weighted by molar-refractivity contribution is 6.30. The molecule has 9 nitrogen and oxygen atoms in total. The molecule has 1 saturated heterocycles. The maximum Gasteiger partial charge on any atom is 0.356 e. The lowest BCUT2D eigenvalue weighted by atomic mass is 9.84. The summed E-state index contributed by atoms with van der Waals surface area (Å²) in [6, 6.07) is 19.6. The van der Waals surface area contributed by atoms with Gasteiger partial charge in [-0.25, -0.2) is 9.78 Å². The van der Waals surface area contributed by atoms with E-state index in [0.717, 1.165) is 24.1 Å². The third kappa shape index (κ3) is 6.55. The summed E-state index contributed by atoms with van der Waals surface area (Å²) in [6.07, 6.45) is 1.73. The van der Waals surface area contributed by atoms with Gasteiger partial charge >= 0.3 is 5.97 Å². The number of ether oxygens (including phenoxy) is 3. The number of carbonyl (C=O) groups excluding carboxylic acids is 2. The number of halogens is 1. The van der Waals surface area contributed by atoms with E-state index in [9.17, 15) is 9.59 Å². The van der Waals surface area contributed by atoms with Crippen LogP contribution in [0.4, 0.5) is 5.69 Å². The van der Waals surface area contributed by atoms with Crippen molar-refractivity contribution in [1.29, 1.82) is 0 Å². The summed E-state index contributed by atoms with van der Waals surface area (Å²) in [4.78, 5) is 36.2. The molecular weight excluding hydrogens is 520 g/mol. The number of esters is 1. The second kappa shape index (κ2) is 12.3. The minimum absolute atomic E-state index is 0.0610. The third-order valence-electron chi connectivity index (χ3n) is 6.82. The molecular formula is C29H29ClN4O5. The summed E-state index contributed by atoms with van der Waals surface area (Å²) in [7, 11) is 1.30. The largest absolute Gasteiger partial charge is 0.464 e. The molecule has 1 atom stereocenters. The number of benzene rings is 2. The topological polar surface area (TPSA) is 102 Å². The fraction of sp³-hybridized carbons (Fsp3) is 0.310. The van der Waals surface area contributed by atoms with Gasteiger partial charge in [0, 0.05) is 30.0 Å². The zero-order valence-electron chi connectivity index (χ0n) is 21.5. The number of amides is 1. The van der Waals surface area contributed by atoms with E-state index in [1.807, 2.05) is 36.4 Å². The Morgan fingerprint density at radius 2 is 1.82 bits per heavy atom. The number of nitrogens with one attached hydrogen (secondary N) is 1. The molecule has 10 heteroatoms. The maximum absolute atomic E-state index is 13.7. The van der Waals surface area contributed by atoms with E-state index in [4.69, 9.17) is 30.8 Å². The first-order valence-electron chi connectivity index (χ1n) is 12.8. The van der Waals surface area contributed by atoms with E-state index in [1.54, 1.807) is 35.2 Å². The molecule has 3 aromatic rings. The van der Waals surface area contributed by atoms with Crippen molar-refractivity contribution in [2.24, 2.45) is 16.8 Å². The molecule has 2 aliphatic rings. The predicted molar refractivity (Wildman–Crippen MR) is 147 cm³/mol. The van der Waals surface area contributed by atoms with Gasteiger partial charge in [-0.2, -0.15) is 0 Å². The number of aromatic nitrogens is 1. The number of guanidine groups is 1. The molecule has 2 aliphatic heterocycles. The van der Waals surface area contributed by atoms with Crippen LogP contribution < -0.4 is 10.1 Å². The lowest BCUT2D eigenvalue weighted by Crippen LogP contribution is -2.50. The Morgan fingerprint density at radius 1 is 1.08 bits per heavy atom. The highest BCUT2D eigenvalue weighted by Crippen LogP contribution is 2.30. The molecule has 2 aromatic carbocycles. The van der Waals surface area contributed by atoms with Crippen molar-refractivity contribution in [3.05, 3.63) is 83.0 Å². The Labute approximate surface area is 231 Å². The van der Waals surface area contributed by atoms with E-state index in [2.05, 4.69) is 10.3 Å². The van der Waals surface area contributed by atoms with Crippen LogP contribution in [0.2, 0.25) is 5.02 Å². The van der Waals surface area contributed by atoms with E-state index in [1.165, 1.54) is 7.11 Å². The van der Waals surface area contributed by atoms with Crippen molar-refractivity contribution in [3.8, 4) is 11.6 Å². The third-order valence-corrected chi connectivity index (χ3v) is 7.07. The van der Waals surface area contributed by atoms with E-state index in [0.29, 0.717) is 43.0 Å². The maximum atomic E-state index is 13.7. The number of aliphatic imine (C=N–C) groups is 1. The molecule has 39 heavy (non-hydrogen) atoms. The lowest BCUT2D eigenvalue weighted by Gasteiger charge is -2.37. The number of nitrogens with zero attached hydrogens (tertiary/aromatic N) is 3. The lowest BCUT2D eigenvalue weighted by molar-refractivity contribution is -0.135. The van der Waals surface area contributed by atoms with Gasteiger partial charge < -0.3 is 19.5 Å². The summed E-state index contributed by atoms with van der Waals surface area (Å²) in [5.74, 6) is 0.918. The molecule has 3 heterocycles. The minimum atomic E-state index is -0.537. The van der Waals surface area contributed by atoms with Gasteiger partial charge in [-0.1, -0.05) is 29.8 Å². The van der Waals surface area contributed by atoms with Gasteiger partial charge in [-0.05, 0) is 66.8 Å². The zero-order valence-corrected chi connectivity index (χ0v) is 22.3. The first-order chi connectivity index (χ1) is 19.0. The zero-order chi connectivity index (χ0) is 27.2. The second-order valence-electron chi connectivity index (χ2n) is 9.38. The van der Waals surface area contributed by atoms with Crippen molar-refractivity contribution in [2.45, 2.75) is 19.4 Å². The van der Waals surface area contributed by atoms with Crippen LogP contribution in [0.3, 0.4) is 0 Å². The van der Waals surface area contributed by atoms with Crippen molar-refractivity contribution < 1.29 is 23.8 Å². The molecule has 0 radical (unpaired) electrons. The number of anilines is 1.